The molecule has 0 bridgehead atoms. The average Bonchev–Trinajstić information content (AvgIpc) is 3.54. The molecule has 2 heterocycles. The smallest absolute Gasteiger partial charge is 0.226 e. The number of likely N-dealkylation sites (tertiary alicyclic amines) is 1. The van der Waals surface area contributed by atoms with E-state index >= 15 is 0 Å². The van der Waals surface area contributed by atoms with E-state index in [1.54, 1.807) is 4.90 Å². The van der Waals surface area contributed by atoms with Crippen molar-refractivity contribution >= 4 is 11.8 Å². The molecule has 2 saturated heterocycles. The van der Waals surface area contributed by atoms with Crippen LogP contribution in [-0.4, -0.2) is 65.7 Å². The molecule has 2 aliphatic heterocycles. The van der Waals surface area contributed by atoms with Crippen LogP contribution in [0.3, 0.4) is 0 Å². The third kappa shape index (κ3) is 8.58. The summed E-state index contributed by atoms with van der Waals surface area (Å²) in [6.07, 6.45) is 1.75. The quantitative estimate of drug-likeness (QED) is 0.309. The van der Waals surface area contributed by atoms with Gasteiger partial charge in [-0.05, 0) is 54.9 Å². The summed E-state index contributed by atoms with van der Waals surface area (Å²) in [5.74, 6) is -2.53. The van der Waals surface area contributed by atoms with Gasteiger partial charge in [-0.15, -0.1) is 0 Å². The van der Waals surface area contributed by atoms with Gasteiger partial charge in [-0.2, -0.15) is 0 Å². The van der Waals surface area contributed by atoms with Gasteiger partial charge in [-0.25, -0.2) is 8.78 Å². The number of aliphatic hydroxyl groups excluding tert-OH is 1. The SMILES string of the molecule is CCCCN1C[C@@H](C(=O)N[C@@H](Cc2cc(F)cc(F)c2)[C@H](O)[C@H]2C[C@@H](OCc3ccccc3)CN2)[C@H](CC(C)C)C1=O. The van der Waals surface area contributed by atoms with Crippen LogP contribution >= 0.6 is 0 Å². The van der Waals surface area contributed by atoms with Gasteiger partial charge in [0.15, 0.2) is 0 Å². The first-order chi connectivity index (χ1) is 20.1. The zero-order valence-electron chi connectivity index (χ0n) is 24.9. The molecule has 3 N–H and O–H groups in total. The van der Waals surface area contributed by atoms with E-state index in [0.29, 0.717) is 44.6 Å². The van der Waals surface area contributed by atoms with Gasteiger partial charge in [0.05, 0.1) is 36.7 Å². The van der Waals surface area contributed by atoms with Crippen LogP contribution in [0.4, 0.5) is 8.78 Å². The summed E-state index contributed by atoms with van der Waals surface area (Å²) in [6, 6.07) is 11.8. The molecule has 0 aromatic heterocycles. The fourth-order valence-electron chi connectivity index (χ4n) is 6.17. The van der Waals surface area contributed by atoms with Crippen LogP contribution in [0.2, 0.25) is 0 Å². The molecule has 0 unspecified atom stereocenters. The average molecular weight is 586 g/mol. The lowest BCUT2D eigenvalue weighted by atomic mass is 9.86. The fraction of sp³-hybridized carbons (Fsp3) is 0.576. The van der Waals surface area contributed by atoms with Gasteiger partial charge in [0.25, 0.3) is 0 Å². The fourth-order valence-corrected chi connectivity index (χ4v) is 6.17. The van der Waals surface area contributed by atoms with E-state index < -0.39 is 41.7 Å². The third-order valence-electron chi connectivity index (χ3n) is 8.36. The molecule has 2 aromatic carbocycles. The monoisotopic (exact) mass is 585 g/mol. The molecule has 9 heteroatoms. The Kier molecular flexibility index (Phi) is 11.5. The molecule has 230 valence electrons. The zero-order chi connectivity index (χ0) is 30.2. The summed E-state index contributed by atoms with van der Waals surface area (Å²) >= 11 is 0. The second-order valence-electron chi connectivity index (χ2n) is 12.2. The van der Waals surface area contributed by atoms with E-state index in [1.807, 2.05) is 44.2 Å². The van der Waals surface area contributed by atoms with E-state index in [0.717, 1.165) is 24.5 Å². The number of halogens is 2. The van der Waals surface area contributed by atoms with Crippen LogP contribution < -0.4 is 10.6 Å². The Morgan fingerprint density at radius 3 is 2.52 bits per heavy atom. The molecule has 4 rings (SSSR count). The topological polar surface area (TPSA) is 90.9 Å². The normalized spacial score (nSPS) is 23.9. The first-order valence-electron chi connectivity index (χ1n) is 15.3. The van der Waals surface area contributed by atoms with Gasteiger partial charge in [-0.3, -0.25) is 9.59 Å². The molecule has 2 aromatic rings. The highest BCUT2D eigenvalue weighted by atomic mass is 19.1. The highest BCUT2D eigenvalue weighted by Crippen LogP contribution is 2.31. The van der Waals surface area contributed by atoms with Crippen molar-refractivity contribution < 1.29 is 28.2 Å². The lowest BCUT2D eigenvalue weighted by molar-refractivity contribution is -0.134. The summed E-state index contributed by atoms with van der Waals surface area (Å²) in [7, 11) is 0. The number of nitrogens with zero attached hydrogens (tertiary/aromatic N) is 1. The molecule has 0 spiro atoms. The van der Waals surface area contributed by atoms with Gasteiger partial charge < -0.3 is 25.4 Å². The lowest BCUT2D eigenvalue weighted by Gasteiger charge is -2.30. The van der Waals surface area contributed by atoms with E-state index in [9.17, 15) is 23.5 Å². The summed E-state index contributed by atoms with van der Waals surface area (Å²) in [5.41, 5.74) is 1.38. The maximum absolute atomic E-state index is 14.1. The molecule has 0 saturated carbocycles. The number of aliphatic hydroxyl groups is 1. The minimum atomic E-state index is -1.05. The van der Waals surface area contributed by atoms with Crippen molar-refractivity contribution in [1.82, 2.24) is 15.5 Å². The molecule has 2 amide bonds. The standard InChI is InChI=1S/C33H45F2N3O4/c1-4-5-11-38-19-28(27(33(38)41)12-21(2)3)32(40)37-30(15-23-13-24(34)16-25(35)14-23)31(39)29-17-26(18-36-29)42-20-22-9-7-6-8-10-22/h6-10,13-14,16,21,26-31,36,39H,4-5,11-12,15,17-20H2,1-3H3,(H,37,40)/t26-,27+,28-,29-,30+,31-/m1/s1. The largest absolute Gasteiger partial charge is 0.389 e. The number of carbonyl (C=O) groups is 2. The third-order valence-corrected chi connectivity index (χ3v) is 8.36. The molecule has 0 radical (unpaired) electrons. The molecule has 0 aliphatic carbocycles. The first-order valence-corrected chi connectivity index (χ1v) is 15.3. The Labute approximate surface area is 248 Å². The number of amides is 2. The van der Waals surface area contributed by atoms with Gasteiger partial charge >= 0.3 is 0 Å². The predicted octanol–water partition coefficient (Wildman–Crippen LogP) is 4.22. The number of carbonyl (C=O) groups excluding carboxylic acids is 2. The van der Waals surface area contributed by atoms with Crippen LogP contribution in [0, 0.1) is 29.4 Å². The van der Waals surface area contributed by atoms with Crippen molar-refractivity contribution in [1.29, 1.82) is 0 Å². The Bertz CT molecular complexity index is 1160. The van der Waals surface area contributed by atoms with Crippen molar-refractivity contribution in [2.45, 2.75) is 83.8 Å². The highest BCUT2D eigenvalue weighted by Gasteiger charge is 2.45. The molecule has 42 heavy (non-hydrogen) atoms. The number of hydrogen-bond donors (Lipinski definition) is 3. The maximum atomic E-state index is 14.1. The van der Waals surface area contributed by atoms with Gasteiger partial charge in [-0.1, -0.05) is 57.5 Å². The Balaban J connectivity index is 1.48. The number of rotatable bonds is 14. The van der Waals surface area contributed by atoms with E-state index in [-0.39, 0.29) is 30.3 Å². The minimum absolute atomic E-state index is 0.00235. The van der Waals surface area contributed by atoms with Crippen LogP contribution in [0.15, 0.2) is 48.5 Å². The van der Waals surface area contributed by atoms with Crippen molar-refractivity contribution in [3.8, 4) is 0 Å². The van der Waals surface area contributed by atoms with Gasteiger partial charge in [0.2, 0.25) is 11.8 Å². The zero-order valence-corrected chi connectivity index (χ0v) is 24.9. The number of hydrogen-bond acceptors (Lipinski definition) is 5. The van der Waals surface area contributed by atoms with Crippen LogP contribution in [-0.2, 0) is 27.4 Å². The first kappa shape index (κ1) is 32.0. The van der Waals surface area contributed by atoms with E-state index in [4.69, 9.17) is 4.74 Å². The minimum Gasteiger partial charge on any atom is -0.389 e. The molecular weight excluding hydrogens is 540 g/mol. The van der Waals surface area contributed by atoms with Crippen molar-refractivity contribution in [3.05, 3.63) is 71.3 Å². The maximum Gasteiger partial charge on any atom is 0.226 e. The predicted molar refractivity (Wildman–Crippen MR) is 157 cm³/mol. The van der Waals surface area contributed by atoms with Crippen molar-refractivity contribution in [2.24, 2.45) is 17.8 Å². The number of unbranched alkanes of at least 4 members (excludes halogenated alkanes) is 1. The Morgan fingerprint density at radius 2 is 1.86 bits per heavy atom. The number of nitrogens with one attached hydrogen (secondary N) is 2. The lowest BCUT2D eigenvalue weighted by Crippen LogP contribution is -2.54. The van der Waals surface area contributed by atoms with Gasteiger partial charge in [0, 0.05) is 31.7 Å². The van der Waals surface area contributed by atoms with Crippen LogP contribution in [0.25, 0.3) is 0 Å². The highest BCUT2D eigenvalue weighted by molar-refractivity contribution is 5.91. The summed E-state index contributed by atoms with van der Waals surface area (Å²) in [5, 5.41) is 17.8. The number of ether oxygens (including phenoxy) is 1. The molecule has 6 atom stereocenters. The van der Waals surface area contributed by atoms with Crippen molar-refractivity contribution in [3.63, 3.8) is 0 Å². The Hall–Kier alpha value is -2.88. The van der Waals surface area contributed by atoms with Gasteiger partial charge in [0.1, 0.15) is 11.6 Å². The Morgan fingerprint density at radius 1 is 1.14 bits per heavy atom. The van der Waals surface area contributed by atoms with Crippen LogP contribution in [0.5, 0.6) is 0 Å². The second kappa shape index (κ2) is 15.0. The summed E-state index contributed by atoms with van der Waals surface area (Å²) < 4.78 is 34.2. The van der Waals surface area contributed by atoms with Crippen molar-refractivity contribution in [2.75, 3.05) is 19.6 Å². The van der Waals surface area contributed by atoms with E-state index in [2.05, 4.69) is 17.6 Å². The second-order valence-corrected chi connectivity index (χ2v) is 12.2. The van der Waals surface area contributed by atoms with E-state index in [1.165, 1.54) is 12.1 Å². The number of benzene rings is 2. The molecule has 2 fully saturated rings. The summed E-state index contributed by atoms with van der Waals surface area (Å²) in [6.45, 7) is 8.04. The molecular formula is C33H45F2N3O4. The molecule has 7 nitrogen and oxygen atoms in total. The molecule has 2 aliphatic rings. The van der Waals surface area contributed by atoms with Crippen LogP contribution in [0.1, 0.15) is 57.6 Å². The summed E-state index contributed by atoms with van der Waals surface area (Å²) in [4.78, 5) is 28.8.